The van der Waals surface area contributed by atoms with Crippen molar-refractivity contribution in [3.8, 4) is 11.5 Å². The minimum Gasteiger partial charge on any atom is -0.508 e. The van der Waals surface area contributed by atoms with E-state index in [2.05, 4.69) is 10.3 Å². The number of hydrogen-bond donors (Lipinski definition) is 3. The number of phenolic OH excluding ortho intramolecular Hbond substituents is 1. The van der Waals surface area contributed by atoms with Crippen LogP contribution in [0.3, 0.4) is 0 Å². The topological polar surface area (TPSA) is 97.9 Å². The van der Waals surface area contributed by atoms with E-state index in [9.17, 15) is 14.7 Å². The van der Waals surface area contributed by atoms with Gasteiger partial charge in [0.1, 0.15) is 17.3 Å². The van der Waals surface area contributed by atoms with E-state index in [0.29, 0.717) is 47.2 Å². The average molecular weight is 481 g/mol. The summed E-state index contributed by atoms with van der Waals surface area (Å²) in [6, 6.07) is 8.81. The zero-order chi connectivity index (χ0) is 24.9. The molecule has 0 unspecified atom stereocenters. The molecule has 3 N–H and O–H groups in total. The van der Waals surface area contributed by atoms with Crippen molar-refractivity contribution in [3.05, 3.63) is 59.0 Å². The second-order valence-corrected chi connectivity index (χ2v) is 9.29. The summed E-state index contributed by atoms with van der Waals surface area (Å²) in [6.45, 7) is 5.53. The van der Waals surface area contributed by atoms with Gasteiger partial charge in [-0.3, -0.25) is 14.6 Å². The number of fused-ring (bicyclic) bond motifs is 4. The molecule has 5 rings (SSSR count). The van der Waals surface area contributed by atoms with Crippen LogP contribution in [0.25, 0.3) is 10.9 Å². The van der Waals surface area contributed by atoms with Gasteiger partial charge in [-0.2, -0.15) is 0 Å². The van der Waals surface area contributed by atoms with Crippen LogP contribution in [-0.4, -0.2) is 64.1 Å². The lowest BCUT2D eigenvalue weighted by Crippen LogP contribution is -2.53. The molecule has 3 aromatic rings. The van der Waals surface area contributed by atoms with E-state index in [1.165, 1.54) is 12.0 Å². The van der Waals surface area contributed by atoms with Crippen LogP contribution in [-0.2, 0) is 11.2 Å². The zero-order valence-corrected chi connectivity index (χ0v) is 20.0. The first-order valence-corrected chi connectivity index (χ1v) is 11.8. The number of H-pyrrole nitrogens is 1. The Morgan fingerprint density at radius 1 is 1.29 bits per heavy atom. The number of halogens is 1. The Hall–Kier alpha value is -3.59. The van der Waals surface area contributed by atoms with E-state index in [4.69, 9.17) is 4.74 Å². The number of rotatable bonds is 7. The molecule has 0 aliphatic carbocycles. The third-order valence-electron chi connectivity index (χ3n) is 7.12. The van der Waals surface area contributed by atoms with Gasteiger partial charge in [0, 0.05) is 29.6 Å². The predicted octanol–water partition coefficient (Wildman–Crippen LogP) is 3.69. The first-order valence-electron chi connectivity index (χ1n) is 11.8. The molecule has 0 radical (unpaired) electrons. The minimum atomic E-state index is -1.21. The number of phenols is 1. The Kier molecular flexibility index (Phi) is 5.67. The van der Waals surface area contributed by atoms with E-state index in [-0.39, 0.29) is 29.9 Å². The second kappa shape index (κ2) is 8.57. The second-order valence-electron chi connectivity index (χ2n) is 9.29. The average Bonchev–Trinajstić information content (AvgIpc) is 3.29. The zero-order valence-electron chi connectivity index (χ0n) is 20.0. The highest BCUT2D eigenvalue weighted by Gasteiger charge is 2.60. The largest absolute Gasteiger partial charge is 0.508 e. The number of aromatic nitrogens is 1. The number of carbonyl (C=O) groups excluding carboxylic acids is 2. The number of methoxy groups -OCH3 is 1. The van der Waals surface area contributed by atoms with Crippen molar-refractivity contribution in [2.24, 2.45) is 0 Å². The molecule has 1 saturated heterocycles. The smallest absolute Gasteiger partial charge is 0.328 e. The molecule has 2 aromatic carbocycles. The lowest BCUT2D eigenvalue weighted by Gasteiger charge is -2.42. The van der Waals surface area contributed by atoms with Crippen LogP contribution < -0.4 is 10.1 Å². The Bertz CT molecular complexity index is 1320. The quantitative estimate of drug-likeness (QED) is 0.354. The summed E-state index contributed by atoms with van der Waals surface area (Å²) in [6.07, 6.45) is 0.794. The van der Waals surface area contributed by atoms with Gasteiger partial charge in [-0.25, -0.2) is 9.18 Å². The fourth-order valence-electron chi connectivity index (χ4n) is 5.48. The molecule has 2 atom stereocenters. The van der Waals surface area contributed by atoms with Gasteiger partial charge in [-0.1, -0.05) is 19.1 Å². The summed E-state index contributed by atoms with van der Waals surface area (Å²) in [5, 5.41) is 13.8. The molecule has 3 amide bonds. The third-order valence-corrected chi connectivity index (χ3v) is 7.12. The Balaban J connectivity index is 1.68. The van der Waals surface area contributed by atoms with Crippen molar-refractivity contribution in [1.29, 1.82) is 0 Å². The molecule has 1 fully saturated rings. The fourth-order valence-corrected chi connectivity index (χ4v) is 5.48. The molecular formula is C26H29FN4O4. The maximum atomic E-state index is 15.5. The summed E-state index contributed by atoms with van der Waals surface area (Å²) in [4.78, 5) is 33.6. The molecule has 184 valence electrons. The van der Waals surface area contributed by atoms with Crippen molar-refractivity contribution >= 4 is 22.8 Å². The number of benzene rings is 2. The summed E-state index contributed by atoms with van der Waals surface area (Å²) >= 11 is 0. The van der Waals surface area contributed by atoms with Gasteiger partial charge in [0.2, 0.25) is 0 Å². The van der Waals surface area contributed by atoms with Gasteiger partial charge < -0.3 is 20.1 Å². The first kappa shape index (κ1) is 23.2. The third kappa shape index (κ3) is 3.44. The van der Waals surface area contributed by atoms with Crippen LogP contribution in [0.1, 0.15) is 43.1 Å². The van der Waals surface area contributed by atoms with Crippen molar-refractivity contribution in [2.75, 3.05) is 26.7 Å². The Labute approximate surface area is 202 Å². The van der Waals surface area contributed by atoms with Crippen LogP contribution in [0.4, 0.5) is 9.18 Å². The number of hydrogen-bond acceptors (Lipinski definition) is 5. The van der Waals surface area contributed by atoms with Crippen molar-refractivity contribution in [2.45, 2.75) is 38.3 Å². The van der Waals surface area contributed by atoms with Gasteiger partial charge in [-0.05, 0) is 61.8 Å². The van der Waals surface area contributed by atoms with Crippen LogP contribution >= 0.6 is 0 Å². The molecule has 3 heterocycles. The van der Waals surface area contributed by atoms with Crippen LogP contribution in [0, 0.1) is 5.82 Å². The molecular weight excluding hydrogens is 451 g/mol. The van der Waals surface area contributed by atoms with Crippen LogP contribution in [0.15, 0.2) is 36.4 Å². The van der Waals surface area contributed by atoms with Crippen molar-refractivity contribution in [3.63, 3.8) is 0 Å². The Morgan fingerprint density at radius 2 is 2.09 bits per heavy atom. The van der Waals surface area contributed by atoms with Gasteiger partial charge in [0.05, 0.1) is 7.11 Å². The molecule has 2 aliphatic heterocycles. The maximum Gasteiger partial charge on any atom is 0.328 e. The molecule has 0 bridgehead atoms. The van der Waals surface area contributed by atoms with Gasteiger partial charge in [0.25, 0.3) is 5.91 Å². The van der Waals surface area contributed by atoms with E-state index >= 15 is 4.39 Å². The van der Waals surface area contributed by atoms with Crippen molar-refractivity contribution in [1.82, 2.24) is 20.1 Å². The summed E-state index contributed by atoms with van der Waals surface area (Å²) in [7, 11) is 1.41. The highest BCUT2D eigenvalue weighted by atomic mass is 19.1. The summed E-state index contributed by atoms with van der Waals surface area (Å²) in [5.41, 5.74) is 1.26. The van der Waals surface area contributed by atoms with E-state index in [0.717, 1.165) is 6.54 Å². The Morgan fingerprint density at radius 3 is 2.80 bits per heavy atom. The lowest BCUT2D eigenvalue weighted by atomic mass is 9.81. The number of nitrogens with zero attached hydrogens (tertiary/aromatic N) is 2. The fraction of sp³-hybridized carbons (Fsp3) is 0.385. The van der Waals surface area contributed by atoms with Gasteiger partial charge in [0.15, 0.2) is 11.6 Å². The minimum absolute atomic E-state index is 0.0424. The molecule has 1 aromatic heterocycles. The number of nitrogens with one attached hydrogen (secondary N) is 2. The molecule has 0 saturated carbocycles. The normalized spacial score (nSPS) is 21.5. The standard InChI is InChI=1S/C26H29FN4O4/c1-4-28-11-6-12-30-24(33)26(2)14-17-20-18(9-10-19(35-3)21(20)27)29-22(17)23(31(26)25(30)34)15-7-5-8-16(32)13-15/h5,7-10,13,23,28-29,32H,4,6,11-12,14H2,1-3H3/t23-,26+/m1/s1. The van der Waals surface area contributed by atoms with Crippen LogP contribution in [0.2, 0.25) is 0 Å². The number of aromatic amines is 1. The monoisotopic (exact) mass is 480 g/mol. The highest BCUT2D eigenvalue weighted by molar-refractivity contribution is 6.08. The summed E-state index contributed by atoms with van der Waals surface area (Å²) in [5.74, 6) is -0.652. The predicted molar refractivity (Wildman–Crippen MR) is 129 cm³/mol. The first-order chi connectivity index (χ1) is 16.8. The van der Waals surface area contributed by atoms with Gasteiger partial charge in [-0.15, -0.1) is 0 Å². The number of aromatic hydroxyl groups is 1. The lowest BCUT2D eigenvalue weighted by molar-refractivity contribution is -0.133. The van der Waals surface area contributed by atoms with E-state index in [1.807, 2.05) is 6.92 Å². The molecule has 2 aliphatic rings. The number of carbonyl (C=O) groups is 2. The van der Waals surface area contributed by atoms with E-state index in [1.54, 1.807) is 48.2 Å². The van der Waals surface area contributed by atoms with Crippen LogP contribution in [0.5, 0.6) is 11.5 Å². The molecule has 35 heavy (non-hydrogen) atoms. The number of urea groups is 1. The van der Waals surface area contributed by atoms with Gasteiger partial charge >= 0.3 is 6.03 Å². The van der Waals surface area contributed by atoms with E-state index < -0.39 is 17.4 Å². The maximum absolute atomic E-state index is 15.5. The molecule has 8 nitrogen and oxygen atoms in total. The number of imide groups is 1. The molecule has 0 spiro atoms. The number of ether oxygens (including phenoxy) is 1. The van der Waals surface area contributed by atoms with Crippen molar-refractivity contribution < 1.29 is 23.8 Å². The highest BCUT2D eigenvalue weighted by Crippen LogP contribution is 2.49. The summed E-state index contributed by atoms with van der Waals surface area (Å²) < 4.78 is 20.7. The number of amides is 3. The molecule has 9 heteroatoms. The SMILES string of the molecule is CCNCCCN1C(=O)N2[C@H](c3cccc(O)c3)c3[nH]c4ccc(OC)c(F)c4c3C[C@@]2(C)C1=O.